The van der Waals surface area contributed by atoms with Crippen LogP contribution in [0.25, 0.3) is 16.8 Å². The molecule has 0 radical (unpaired) electrons. The molecule has 5 rings (SSSR count). The third-order valence-corrected chi connectivity index (χ3v) is 5.63. The van der Waals surface area contributed by atoms with E-state index in [1.807, 2.05) is 31.5 Å². The summed E-state index contributed by atoms with van der Waals surface area (Å²) in [5, 5.41) is 8.13. The second-order valence-corrected chi connectivity index (χ2v) is 7.39. The van der Waals surface area contributed by atoms with E-state index in [1.54, 1.807) is 4.52 Å². The third-order valence-electron chi connectivity index (χ3n) is 5.63. The molecular formula is C19H22N6. The SMILES string of the molecule is Cc1ccc(-c2cnn3c(N)cc(C4C[C@H]5CC[C@@H](C4)N5)nc23)cn1. The van der Waals surface area contributed by atoms with Gasteiger partial charge in [-0.2, -0.15) is 9.61 Å². The number of fused-ring (bicyclic) bond motifs is 3. The Morgan fingerprint density at radius 3 is 2.68 bits per heavy atom. The van der Waals surface area contributed by atoms with E-state index in [0.717, 1.165) is 41.0 Å². The normalized spacial score (nSPS) is 25.6. The molecule has 25 heavy (non-hydrogen) atoms. The summed E-state index contributed by atoms with van der Waals surface area (Å²) in [4.78, 5) is 9.38. The fourth-order valence-electron chi connectivity index (χ4n) is 4.34. The van der Waals surface area contributed by atoms with Crippen molar-refractivity contribution < 1.29 is 0 Å². The first kappa shape index (κ1) is 14.8. The first-order chi connectivity index (χ1) is 12.2. The van der Waals surface area contributed by atoms with Crippen LogP contribution in [0.4, 0.5) is 5.82 Å². The van der Waals surface area contributed by atoms with Crippen LogP contribution in [0.2, 0.25) is 0 Å². The molecule has 3 N–H and O–H groups in total. The fraction of sp³-hybridized carbons (Fsp3) is 0.421. The van der Waals surface area contributed by atoms with Crippen LogP contribution < -0.4 is 11.1 Å². The molecule has 0 aliphatic carbocycles. The molecule has 2 aliphatic rings. The van der Waals surface area contributed by atoms with Crippen molar-refractivity contribution in [3.05, 3.63) is 42.0 Å². The van der Waals surface area contributed by atoms with Gasteiger partial charge in [0.05, 0.1) is 6.20 Å². The largest absolute Gasteiger partial charge is 0.384 e. The number of nitrogens with zero attached hydrogens (tertiary/aromatic N) is 4. The lowest BCUT2D eigenvalue weighted by Gasteiger charge is -2.28. The minimum atomic E-state index is 0.477. The van der Waals surface area contributed by atoms with Crippen LogP contribution in [0.5, 0.6) is 0 Å². The van der Waals surface area contributed by atoms with E-state index in [0.29, 0.717) is 23.8 Å². The summed E-state index contributed by atoms with van der Waals surface area (Å²) in [5.41, 5.74) is 11.2. The lowest BCUT2D eigenvalue weighted by atomic mass is 9.89. The number of aromatic nitrogens is 4. The molecule has 0 aromatic carbocycles. The van der Waals surface area contributed by atoms with Gasteiger partial charge in [-0.3, -0.25) is 4.98 Å². The van der Waals surface area contributed by atoms with Crippen molar-refractivity contribution in [3.63, 3.8) is 0 Å². The highest BCUT2D eigenvalue weighted by molar-refractivity contribution is 5.77. The molecule has 1 unspecified atom stereocenters. The Labute approximate surface area is 146 Å². The number of rotatable bonds is 2. The Morgan fingerprint density at radius 2 is 1.96 bits per heavy atom. The van der Waals surface area contributed by atoms with E-state index < -0.39 is 0 Å². The van der Waals surface area contributed by atoms with Gasteiger partial charge in [0, 0.05) is 52.8 Å². The van der Waals surface area contributed by atoms with E-state index in [4.69, 9.17) is 10.7 Å². The Balaban J connectivity index is 1.59. The van der Waals surface area contributed by atoms with E-state index in [9.17, 15) is 0 Å². The maximum absolute atomic E-state index is 6.29. The predicted molar refractivity (Wildman–Crippen MR) is 97.3 cm³/mol. The van der Waals surface area contributed by atoms with Gasteiger partial charge in [0.2, 0.25) is 0 Å². The quantitative estimate of drug-likeness (QED) is 0.753. The van der Waals surface area contributed by atoms with E-state index in [-0.39, 0.29) is 0 Å². The van der Waals surface area contributed by atoms with Gasteiger partial charge in [0.25, 0.3) is 0 Å². The predicted octanol–water partition coefficient (Wildman–Crippen LogP) is 2.68. The van der Waals surface area contributed by atoms with Gasteiger partial charge < -0.3 is 11.1 Å². The molecule has 0 amide bonds. The second-order valence-electron chi connectivity index (χ2n) is 7.39. The maximum Gasteiger partial charge on any atom is 0.165 e. The molecule has 3 aromatic rings. The Bertz CT molecular complexity index is 917. The molecule has 6 heteroatoms. The molecule has 128 valence electrons. The van der Waals surface area contributed by atoms with Crippen LogP contribution >= 0.6 is 0 Å². The fourth-order valence-corrected chi connectivity index (χ4v) is 4.34. The first-order valence-electron chi connectivity index (χ1n) is 9.00. The first-order valence-corrected chi connectivity index (χ1v) is 9.00. The molecule has 0 saturated carbocycles. The summed E-state index contributed by atoms with van der Waals surface area (Å²) in [7, 11) is 0. The van der Waals surface area contributed by atoms with Crippen LogP contribution in [0.15, 0.2) is 30.6 Å². The van der Waals surface area contributed by atoms with Gasteiger partial charge in [0.1, 0.15) is 5.82 Å². The van der Waals surface area contributed by atoms with Crippen molar-refractivity contribution in [1.29, 1.82) is 0 Å². The van der Waals surface area contributed by atoms with Crippen molar-refractivity contribution >= 4 is 11.5 Å². The topological polar surface area (TPSA) is 81.1 Å². The number of hydrogen-bond acceptors (Lipinski definition) is 5. The molecule has 6 nitrogen and oxygen atoms in total. The van der Waals surface area contributed by atoms with Crippen molar-refractivity contribution in [2.24, 2.45) is 0 Å². The van der Waals surface area contributed by atoms with E-state index in [2.05, 4.69) is 21.5 Å². The van der Waals surface area contributed by atoms with Gasteiger partial charge in [0.15, 0.2) is 5.65 Å². The van der Waals surface area contributed by atoms with E-state index >= 15 is 0 Å². The zero-order valence-electron chi connectivity index (χ0n) is 14.3. The summed E-state index contributed by atoms with van der Waals surface area (Å²) >= 11 is 0. The smallest absolute Gasteiger partial charge is 0.165 e. The molecule has 2 saturated heterocycles. The van der Waals surface area contributed by atoms with Crippen LogP contribution in [0.1, 0.15) is 43.0 Å². The standard InChI is InChI=1S/C19H22N6/c1-11-2-3-12(9-21-11)16-10-22-25-18(20)8-17(24-19(16)25)13-6-14-4-5-15(7-13)23-14/h2-3,8-10,13-15,23H,4-7,20H2,1H3/t13?,14-,15+. The highest BCUT2D eigenvalue weighted by Crippen LogP contribution is 2.37. The van der Waals surface area contributed by atoms with Gasteiger partial charge in [-0.05, 0) is 38.7 Å². The molecule has 0 spiro atoms. The van der Waals surface area contributed by atoms with Crippen LogP contribution in [-0.2, 0) is 0 Å². The number of aryl methyl sites for hydroxylation is 1. The highest BCUT2D eigenvalue weighted by atomic mass is 15.3. The third kappa shape index (κ3) is 2.48. The number of nitrogen functional groups attached to an aromatic ring is 1. The zero-order valence-corrected chi connectivity index (χ0v) is 14.3. The minimum Gasteiger partial charge on any atom is -0.384 e. The van der Waals surface area contributed by atoms with Crippen molar-refractivity contribution in [3.8, 4) is 11.1 Å². The maximum atomic E-state index is 6.29. The van der Waals surface area contributed by atoms with Gasteiger partial charge in [-0.25, -0.2) is 4.98 Å². The number of nitrogens with two attached hydrogens (primary N) is 1. The van der Waals surface area contributed by atoms with Gasteiger partial charge >= 0.3 is 0 Å². The molecule has 2 bridgehead atoms. The molecule has 3 aromatic heterocycles. The van der Waals surface area contributed by atoms with Gasteiger partial charge in [-0.15, -0.1) is 0 Å². The van der Waals surface area contributed by atoms with Crippen LogP contribution in [-0.4, -0.2) is 31.7 Å². The number of anilines is 1. The number of piperidine rings is 1. The number of nitrogens with one attached hydrogen (secondary N) is 1. The molecule has 5 heterocycles. The number of hydrogen-bond donors (Lipinski definition) is 2. The summed E-state index contributed by atoms with van der Waals surface area (Å²) in [6.07, 6.45) is 8.57. The Morgan fingerprint density at radius 1 is 1.16 bits per heavy atom. The Hall–Kier alpha value is -2.47. The Kier molecular flexibility index (Phi) is 3.28. The van der Waals surface area contributed by atoms with E-state index in [1.165, 1.54) is 12.8 Å². The molecule has 2 aliphatic heterocycles. The summed E-state index contributed by atoms with van der Waals surface area (Å²) in [6, 6.07) is 7.35. The molecular weight excluding hydrogens is 312 g/mol. The average molecular weight is 334 g/mol. The average Bonchev–Trinajstić information content (AvgIpc) is 3.19. The number of pyridine rings is 1. The van der Waals surface area contributed by atoms with Gasteiger partial charge in [-0.1, -0.05) is 6.07 Å². The van der Waals surface area contributed by atoms with Crippen molar-refractivity contribution in [1.82, 2.24) is 24.9 Å². The summed E-state index contributed by atoms with van der Waals surface area (Å²) < 4.78 is 1.73. The summed E-state index contributed by atoms with van der Waals surface area (Å²) in [6.45, 7) is 1.99. The monoisotopic (exact) mass is 334 g/mol. The lowest BCUT2D eigenvalue weighted by molar-refractivity contribution is 0.359. The highest BCUT2D eigenvalue weighted by Gasteiger charge is 2.35. The van der Waals surface area contributed by atoms with Crippen molar-refractivity contribution in [2.75, 3.05) is 5.73 Å². The van der Waals surface area contributed by atoms with Crippen molar-refractivity contribution in [2.45, 2.75) is 50.6 Å². The van der Waals surface area contributed by atoms with Crippen LogP contribution in [0, 0.1) is 6.92 Å². The molecule has 3 atom stereocenters. The minimum absolute atomic E-state index is 0.477. The molecule has 2 fully saturated rings. The second kappa shape index (κ2) is 5.52. The van der Waals surface area contributed by atoms with Crippen LogP contribution in [0.3, 0.4) is 0 Å². The lowest BCUT2D eigenvalue weighted by Crippen LogP contribution is -2.37. The zero-order chi connectivity index (χ0) is 17.0. The summed E-state index contributed by atoms with van der Waals surface area (Å²) in [5.74, 6) is 1.13.